The molecule has 10 aliphatic carbocycles. The summed E-state index contributed by atoms with van der Waals surface area (Å²) in [5.41, 5.74) is 0.920. The van der Waals surface area contributed by atoms with Gasteiger partial charge in [-0.25, -0.2) is 9.59 Å². The van der Waals surface area contributed by atoms with Crippen LogP contribution >= 0.6 is 0 Å². The fourth-order valence-corrected chi connectivity index (χ4v) is 28.9. The Morgan fingerprint density at radius 1 is 0.514 bits per heavy atom. The summed E-state index contributed by atoms with van der Waals surface area (Å²) in [6, 6.07) is 0. The van der Waals surface area contributed by atoms with E-state index in [1.807, 2.05) is 18.7 Å². The summed E-state index contributed by atoms with van der Waals surface area (Å²) < 4.78 is 52.1. The van der Waals surface area contributed by atoms with Gasteiger partial charge >= 0.3 is 18.2 Å². The molecular weight excluding hydrogens is 1330 g/mol. The molecule has 6 unspecified atom stereocenters. The maximum absolute atomic E-state index is 13.0. The number of carbonyl (C=O) groups excluding carboxylic acids is 3. The number of carboxylic acid groups (broad SMARTS) is 1. The summed E-state index contributed by atoms with van der Waals surface area (Å²) in [5, 5.41) is 36.9. The number of fused-ring (bicyclic) bond motifs is 8. The SMILES string of the molecule is CC(C)C(OC(=O)N1CCC1)[C@H]1C[C@@H](C)[C@H]2[C@H](O1)[C@H](O)[C@@]1(C)[C@@H]3CC[C@H]4C(C)(C)C(O[C@H]5CNCCO5)CCC45C[C@@]35CC[C@]21C.CC(C)CC(=O)N1CCO[C@@H](OC2CCC34C[C@]35CC[C@]3(C)[C@@H]6[C@H](O[C@@H](C(OC(=O)N7CCC7)C(C)C)C[C@H]6C)[C@H](O)[C@@]3(C)[C@@H]5CC[C@H]4C2(C)C)C1.CC(C)CC(=O)O. The number of morpholine rings is 2. The number of hydrogen-bond acceptors (Lipinski definition) is 15. The predicted molar refractivity (Wildman–Crippen MR) is 400 cm³/mol. The van der Waals surface area contributed by atoms with Gasteiger partial charge in [-0.05, 0) is 230 Å². The van der Waals surface area contributed by atoms with Gasteiger partial charge in [-0.2, -0.15) is 0 Å². The molecule has 3 amide bonds. The molecule has 596 valence electrons. The van der Waals surface area contributed by atoms with Gasteiger partial charge in [0.15, 0.2) is 12.6 Å². The highest BCUT2D eigenvalue weighted by atomic mass is 16.7. The molecule has 0 aromatic rings. The standard InChI is InChI=1S/C43H70N2O7.C38H62N2O6.C5H10O2/c1-25(2)21-32(46)45-19-20-49-33(23-45)51-31-13-14-42-24-43(42)16-15-40(8)34-27(5)22-28(35(26(3)4)52-38(48)44-17-10-18-44)50-36(34)37(47)41(40,9)30(43)12-11-29(42)39(31,6)7;1-22(2)30(46-33(42)40-16-8-17-40)24-19-23(3)29-31(44-24)32(41)36(7)26-10-9-25-34(4,5)27(45-28-20-39-15-18-43-28)11-12-37(25)21-38(26,37)14-13-35(29,36)6;1-4(2)3-5(6)7/h25-31,33-37,47H,10-24H2,1-9H3;22-32,39,41H,8-21H2,1-7H3;4H,3H2,1-2H3,(H,6,7)/t27-,28-,29+,30+,31?,33+,34+,35?,36+,37+,40-,41-,42?,43+;23-,24-,25+,26+,27?,28+,29+,30?,31+,32+,35-,36-,37?,38+;/m11./s1. The number of nitrogens with one attached hydrogen (secondary N) is 1. The molecule has 16 aliphatic rings. The number of carbonyl (C=O) groups is 4. The van der Waals surface area contributed by atoms with Crippen molar-refractivity contribution in [3.05, 3.63) is 0 Å². The van der Waals surface area contributed by atoms with E-state index >= 15 is 0 Å². The van der Waals surface area contributed by atoms with Crippen LogP contribution in [-0.4, -0.2) is 193 Å². The van der Waals surface area contributed by atoms with E-state index in [0.717, 1.165) is 97.2 Å². The van der Waals surface area contributed by atoms with Crippen molar-refractivity contribution >= 4 is 24.1 Å². The number of ether oxygens (including phenoxy) is 8. The third-order valence-electron chi connectivity index (χ3n) is 34.4. The van der Waals surface area contributed by atoms with Gasteiger partial charge in [0.2, 0.25) is 5.91 Å². The normalized spacial score (nSPS) is 47.6. The Bertz CT molecular complexity index is 3170. The first-order valence-electron chi connectivity index (χ1n) is 42.8. The van der Waals surface area contributed by atoms with Crippen LogP contribution in [0.4, 0.5) is 9.59 Å². The molecule has 0 aromatic carbocycles. The van der Waals surface area contributed by atoms with Gasteiger partial charge in [-0.15, -0.1) is 0 Å². The molecule has 0 aromatic heterocycles. The Kier molecular flexibility index (Phi) is 21.3. The summed E-state index contributed by atoms with van der Waals surface area (Å²) >= 11 is 0. The number of aliphatic carboxylic acids is 1. The van der Waals surface area contributed by atoms with Crippen LogP contribution in [0.25, 0.3) is 0 Å². The summed E-state index contributed by atoms with van der Waals surface area (Å²) in [6.45, 7) is 48.3. The first kappa shape index (κ1) is 78.8. The molecule has 6 saturated heterocycles. The Labute approximate surface area is 630 Å². The number of likely N-dealkylation sites (tertiary alicyclic amines) is 2. The van der Waals surface area contributed by atoms with E-state index in [2.05, 4.69) is 116 Å². The molecule has 6 aliphatic heterocycles. The van der Waals surface area contributed by atoms with Crippen LogP contribution in [0.1, 0.15) is 253 Å². The van der Waals surface area contributed by atoms with Gasteiger partial charge in [0, 0.05) is 69.5 Å². The van der Waals surface area contributed by atoms with E-state index in [1.54, 1.807) is 9.80 Å². The lowest BCUT2D eigenvalue weighted by atomic mass is 9.41. The highest BCUT2D eigenvalue weighted by molar-refractivity contribution is 5.76. The fraction of sp³-hybridized carbons (Fsp3) is 0.953. The molecule has 4 N–H and O–H groups in total. The van der Waals surface area contributed by atoms with Crippen molar-refractivity contribution in [1.82, 2.24) is 20.0 Å². The number of rotatable bonds is 14. The fourth-order valence-electron chi connectivity index (χ4n) is 28.9. The van der Waals surface area contributed by atoms with Crippen molar-refractivity contribution in [3.63, 3.8) is 0 Å². The molecule has 19 nitrogen and oxygen atoms in total. The second kappa shape index (κ2) is 28.3. The van der Waals surface area contributed by atoms with Gasteiger partial charge in [0.25, 0.3) is 0 Å². The molecule has 28 atom stereocenters. The van der Waals surface area contributed by atoms with E-state index in [0.29, 0.717) is 89.7 Å². The minimum absolute atomic E-state index is 0.00553. The number of hydrogen-bond donors (Lipinski definition) is 4. The Morgan fingerprint density at radius 3 is 1.31 bits per heavy atom. The maximum atomic E-state index is 13.0. The monoisotopic (exact) mass is 1470 g/mol. The Balaban J connectivity index is 0.000000163. The van der Waals surface area contributed by atoms with E-state index in [-0.39, 0.29) is 148 Å². The summed E-state index contributed by atoms with van der Waals surface area (Å²) in [7, 11) is 0. The van der Waals surface area contributed by atoms with Crippen molar-refractivity contribution in [2.24, 2.45) is 125 Å². The number of nitrogens with zero attached hydrogens (tertiary/aromatic N) is 3. The second-order valence-electron chi connectivity index (χ2n) is 41.5. The summed E-state index contributed by atoms with van der Waals surface area (Å²) in [4.78, 5) is 54.2. The lowest BCUT2D eigenvalue weighted by molar-refractivity contribution is -0.248. The molecule has 4 spiro atoms. The van der Waals surface area contributed by atoms with Crippen molar-refractivity contribution < 1.29 is 72.4 Å². The third-order valence-corrected chi connectivity index (χ3v) is 34.4. The van der Waals surface area contributed by atoms with E-state index < -0.39 is 18.2 Å². The van der Waals surface area contributed by atoms with Gasteiger partial charge in [-0.1, -0.05) is 125 Å². The van der Waals surface area contributed by atoms with Crippen LogP contribution in [0.2, 0.25) is 0 Å². The van der Waals surface area contributed by atoms with Crippen LogP contribution in [0, 0.1) is 125 Å². The molecule has 0 bridgehead atoms. The zero-order valence-electron chi connectivity index (χ0n) is 68.2. The van der Waals surface area contributed by atoms with E-state index in [4.69, 9.17) is 43.0 Å². The Morgan fingerprint density at radius 2 is 0.933 bits per heavy atom. The molecule has 0 radical (unpaired) electrons. The lowest BCUT2D eigenvalue weighted by Crippen LogP contribution is -2.60. The molecule has 19 heteroatoms. The molecular formula is C86H142N4O15. The first-order valence-corrected chi connectivity index (χ1v) is 42.8. The minimum Gasteiger partial charge on any atom is -0.481 e. The smallest absolute Gasteiger partial charge is 0.410 e. The average Bonchev–Trinajstić information content (AvgIpc) is 1.46. The van der Waals surface area contributed by atoms with Crippen LogP contribution in [-0.2, 0) is 47.5 Å². The number of aliphatic hydroxyl groups excluding tert-OH is 2. The number of amides is 3. The maximum Gasteiger partial charge on any atom is 0.410 e. The van der Waals surface area contributed by atoms with Crippen molar-refractivity contribution in [1.29, 1.82) is 0 Å². The van der Waals surface area contributed by atoms with E-state index in [9.17, 15) is 29.4 Å². The largest absolute Gasteiger partial charge is 0.481 e. The molecule has 16 rings (SSSR count). The Hall–Kier alpha value is -2.88. The van der Waals surface area contributed by atoms with Gasteiger partial charge in [0.1, 0.15) is 12.2 Å². The number of carboxylic acids is 1. The highest BCUT2D eigenvalue weighted by Crippen LogP contribution is 2.91. The van der Waals surface area contributed by atoms with Crippen molar-refractivity contribution in [2.45, 2.75) is 327 Å². The van der Waals surface area contributed by atoms with Gasteiger partial charge in [0.05, 0.1) is 68.6 Å². The molecule has 10 saturated carbocycles. The van der Waals surface area contributed by atoms with Crippen LogP contribution < -0.4 is 5.32 Å². The zero-order valence-corrected chi connectivity index (χ0v) is 68.2. The number of aliphatic hydroxyl groups is 2. The quantitative estimate of drug-likeness (QED) is 0.127. The topological polar surface area (TPSA) is 225 Å². The van der Waals surface area contributed by atoms with Crippen LogP contribution in [0.5, 0.6) is 0 Å². The second-order valence-corrected chi connectivity index (χ2v) is 41.5. The van der Waals surface area contributed by atoms with Gasteiger partial charge in [-0.3, -0.25) is 9.59 Å². The van der Waals surface area contributed by atoms with E-state index in [1.165, 1.54) is 64.2 Å². The molecule has 105 heavy (non-hydrogen) atoms. The highest BCUT2D eigenvalue weighted by Gasteiger charge is 2.87. The van der Waals surface area contributed by atoms with Crippen molar-refractivity contribution in [2.75, 3.05) is 65.6 Å². The lowest BCUT2D eigenvalue weighted by Gasteiger charge is -2.64. The minimum atomic E-state index is -0.713. The third kappa shape index (κ3) is 12.4. The van der Waals surface area contributed by atoms with Crippen LogP contribution in [0.3, 0.4) is 0 Å². The van der Waals surface area contributed by atoms with Gasteiger partial charge < -0.3 is 73.2 Å². The van der Waals surface area contributed by atoms with Crippen molar-refractivity contribution in [3.8, 4) is 0 Å². The molecule has 16 fully saturated rings. The summed E-state index contributed by atoms with van der Waals surface area (Å²) in [6.07, 6.45) is 18.3. The summed E-state index contributed by atoms with van der Waals surface area (Å²) in [5.74, 6) is 3.96. The zero-order chi connectivity index (χ0) is 75.5. The molecule has 6 heterocycles. The van der Waals surface area contributed by atoms with Crippen LogP contribution in [0.15, 0.2) is 0 Å². The predicted octanol–water partition coefficient (Wildman–Crippen LogP) is 14.4. The first-order chi connectivity index (χ1) is 49.4. The average molecular weight is 1470 g/mol.